The predicted octanol–water partition coefficient (Wildman–Crippen LogP) is -1.56. The summed E-state index contributed by atoms with van der Waals surface area (Å²) in [7, 11) is -8.64. The minimum absolute atomic E-state index is 0. The molecule has 0 aliphatic carbocycles. The van der Waals surface area contributed by atoms with Crippen LogP contribution in [-0.4, -0.2) is 33.1 Å². The Labute approximate surface area is 128 Å². The van der Waals surface area contributed by atoms with E-state index in [1.165, 1.54) is 0 Å². The Balaban J connectivity index is 0.00000361. The fraction of sp³-hybridized carbons (Fsp3) is 0.143. The highest BCUT2D eigenvalue weighted by Gasteiger charge is 2.37. The molecule has 0 saturated heterocycles. The number of ether oxygens (including phenoxy) is 1. The van der Waals surface area contributed by atoms with E-state index in [1.807, 2.05) is 0 Å². The minimum Gasteiger partial charge on any atom is -1.00 e. The average Bonchev–Trinajstić information content (AvgIpc) is 2.24. The largest absolute Gasteiger partial charge is 1.00 e. The Morgan fingerprint density at radius 2 is 1.75 bits per heavy atom. The zero-order chi connectivity index (χ0) is 15.0. The number of rotatable bonds is 3. The standard InChI is InChI=1S/C7H5BrN2O7S2.ClH/c1-17-6-5(10-9)4(18(11,12)13)2-3(8)7(6)19(14,15)16;/h2H,1H3,(H-,11,12,13,14,15,16);1H. The van der Waals surface area contributed by atoms with Crippen LogP contribution in [0, 0.1) is 5.39 Å². The van der Waals surface area contributed by atoms with Crippen molar-refractivity contribution >= 4 is 41.9 Å². The molecule has 20 heavy (non-hydrogen) atoms. The number of diazo groups is 1. The van der Waals surface area contributed by atoms with Gasteiger partial charge in [0.15, 0.2) is 14.8 Å². The number of benzene rings is 1. The van der Waals surface area contributed by atoms with Crippen LogP contribution in [0.5, 0.6) is 5.75 Å². The van der Waals surface area contributed by atoms with Gasteiger partial charge in [0, 0.05) is 4.47 Å². The van der Waals surface area contributed by atoms with Gasteiger partial charge in [-0.3, -0.25) is 9.11 Å². The van der Waals surface area contributed by atoms with E-state index in [9.17, 15) is 16.8 Å². The van der Waals surface area contributed by atoms with E-state index in [0.717, 1.165) is 7.11 Å². The molecule has 1 aromatic rings. The zero-order valence-corrected chi connectivity index (χ0v) is 13.5. The molecule has 13 heteroatoms. The second-order valence-electron chi connectivity index (χ2n) is 3.12. The average molecular weight is 410 g/mol. The summed E-state index contributed by atoms with van der Waals surface area (Å²) in [6.45, 7) is 0. The number of hydrogen-bond donors (Lipinski definition) is 2. The molecule has 1 rings (SSSR count). The van der Waals surface area contributed by atoms with Crippen LogP contribution in [0.15, 0.2) is 20.3 Å². The third-order valence-electron chi connectivity index (χ3n) is 1.97. The second kappa shape index (κ2) is 6.20. The van der Waals surface area contributed by atoms with Gasteiger partial charge >= 0.3 is 15.8 Å². The topological polar surface area (TPSA) is 146 Å². The molecule has 1 aromatic carbocycles. The molecule has 9 nitrogen and oxygen atoms in total. The number of halogens is 2. The van der Waals surface area contributed by atoms with Crippen LogP contribution in [0.3, 0.4) is 0 Å². The number of hydrogen-bond acceptors (Lipinski definition) is 6. The van der Waals surface area contributed by atoms with Crippen LogP contribution in [0.1, 0.15) is 0 Å². The fourth-order valence-corrected chi connectivity index (χ4v) is 3.84. The molecular formula is C7H6BrClN2O7S2. The van der Waals surface area contributed by atoms with E-state index in [2.05, 4.69) is 25.6 Å². The third kappa shape index (κ3) is 3.57. The lowest BCUT2D eigenvalue weighted by atomic mass is 10.3. The summed E-state index contributed by atoms with van der Waals surface area (Å²) in [6, 6.07) is 0.649. The van der Waals surface area contributed by atoms with Gasteiger partial charge in [0.1, 0.15) is 0 Å². The molecule has 0 heterocycles. The summed E-state index contributed by atoms with van der Waals surface area (Å²) < 4.78 is 66.7. The van der Waals surface area contributed by atoms with E-state index in [-0.39, 0.29) is 12.4 Å². The molecule has 0 spiro atoms. The van der Waals surface area contributed by atoms with Gasteiger partial charge in [-0.2, -0.15) is 16.8 Å². The Kier molecular flexibility index (Phi) is 5.90. The van der Waals surface area contributed by atoms with Crippen molar-refractivity contribution in [3.05, 3.63) is 15.5 Å². The summed E-state index contributed by atoms with van der Waals surface area (Å²) in [4.78, 5) is 0.828. The van der Waals surface area contributed by atoms with Gasteiger partial charge in [0.2, 0.25) is 11.1 Å². The highest BCUT2D eigenvalue weighted by Crippen LogP contribution is 2.43. The molecule has 2 N–H and O–H groups in total. The summed E-state index contributed by atoms with van der Waals surface area (Å²) in [6.07, 6.45) is 0. The number of methoxy groups -OCH3 is 1. The van der Waals surface area contributed by atoms with Crippen molar-refractivity contribution < 1.29 is 43.1 Å². The minimum atomic E-state index is -4.80. The molecular weight excluding hydrogens is 404 g/mol. The maximum absolute atomic E-state index is 11.2. The molecule has 0 unspecified atom stereocenters. The van der Waals surface area contributed by atoms with Gasteiger partial charge in [-0.05, 0) is 22.0 Å². The van der Waals surface area contributed by atoms with Crippen molar-refractivity contribution in [1.29, 1.82) is 5.39 Å². The predicted molar refractivity (Wildman–Crippen MR) is 65.1 cm³/mol. The molecule has 0 radical (unpaired) electrons. The molecule has 0 aliphatic rings. The summed E-state index contributed by atoms with van der Waals surface area (Å²) in [5, 5.41) is 8.75. The smallest absolute Gasteiger partial charge is 0.448 e. The van der Waals surface area contributed by atoms with Gasteiger partial charge in [-0.1, -0.05) is 0 Å². The van der Waals surface area contributed by atoms with E-state index < -0.39 is 45.9 Å². The van der Waals surface area contributed by atoms with Crippen LogP contribution in [0.2, 0.25) is 0 Å². The van der Waals surface area contributed by atoms with Crippen molar-refractivity contribution in [2.24, 2.45) is 0 Å². The third-order valence-corrected chi connectivity index (χ3v) is 4.65. The summed E-state index contributed by atoms with van der Waals surface area (Å²) in [5.41, 5.74) is -0.860. The monoisotopic (exact) mass is 408 g/mol. The lowest BCUT2D eigenvalue weighted by Gasteiger charge is -2.07. The van der Waals surface area contributed by atoms with Crippen molar-refractivity contribution in [2.75, 3.05) is 7.11 Å². The van der Waals surface area contributed by atoms with Crippen molar-refractivity contribution in [3.8, 4) is 5.75 Å². The quantitative estimate of drug-likeness (QED) is 0.450. The maximum atomic E-state index is 11.2. The second-order valence-corrected chi connectivity index (χ2v) is 6.72. The van der Waals surface area contributed by atoms with Crippen LogP contribution in [0.25, 0.3) is 4.98 Å². The molecule has 0 fully saturated rings. The number of nitrogens with zero attached hydrogens (tertiary/aromatic N) is 2. The first kappa shape index (κ1) is 19.0. The van der Waals surface area contributed by atoms with E-state index in [4.69, 9.17) is 14.5 Å². The summed E-state index contributed by atoms with van der Waals surface area (Å²) >= 11 is 2.71. The molecule has 0 aromatic heterocycles. The lowest BCUT2D eigenvalue weighted by Crippen LogP contribution is -3.00. The Morgan fingerprint density at radius 1 is 1.25 bits per heavy atom. The molecule has 0 bridgehead atoms. The molecule has 0 aliphatic heterocycles. The van der Waals surface area contributed by atoms with Crippen LogP contribution < -0.4 is 17.1 Å². The molecule has 0 atom stereocenters. The lowest BCUT2D eigenvalue weighted by molar-refractivity contribution is -0.0000126. The van der Waals surface area contributed by atoms with Gasteiger partial charge in [0.05, 0.1) is 7.11 Å². The highest BCUT2D eigenvalue weighted by atomic mass is 79.9. The fourth-order valence-electron chi connectivity index (χ4n) is 1.30. The van der Waals surface area contributed by atoms with Gasteiger partial charge in [-0.25, -0.2) is 0 Å². The van der Waals surface area contributed by atoms with Crippen molar-refractivity contribution in [2.45, 2.75) is 9.79 Å². The van der Waals surface area contributed by atoms with E-state index in [0.29, 0.717) is 6.07 Å². The summed E-state index contributed by atoms with van der Waals surface area (Å²) in [5.74, 6) is -0.744. The van der Waals surface area contributed by atoms with E-state index in [1.54, 1.807) is 0 Å². The highest BCUT2D eigenvalue weighted by molar-refractivity contribution is 9.10. The Morgan fingerprint density at radius 3 is 2.05 bits per heavy atom. The zero-order valence-electron chi connectivity index (χ0n) is 9.48. The van der Waals surface area contributed by atoms with Gasteiger partial charge in [-0.15, -0.1) is 0 Å². The Hall–Kier alpha value is -0.970. The first-order valence-corrected chi connectivity index (χ1v) is 7.92. The molecule has 0 amide bonds. The SMILES string of the molecule is COc1c([N+]#N)c(S(=O)(=O)O)cc(Br)c1S(=O)(=O)O.[Cl-]. The molecule has 112 valence electrons. The van der Waals surface area contributed by atoms with Gasteiger partial charge in [0.25, 0.3) is 10.1 Å². The van der Waals surface area contributed by atoms with Crippen molar-refractivity contribution in [1.82, 2.24) is 0 Å². The maximum Gasteiger partial charge on any atom is 0.448 e. The van der Waals surface area contributed by atoms with E-state index >= 15 is 0 Å². The van der Waals surface area contributed by atoms with Crippen LogP contribution in [-0.2, 0) is 20.2 Å². The Bertz CT molecular complexity index is 784. The first-order chi connectivity index (χ1) is 8.54. The van der Waals surface area contributed by atoms with Crippen molar-refractivity contribution in [3.63, 3.8) is 0 Å². The van der Waals surface area contributed by atoms with Crippen LogP contribution >= 0.6 is 15.9 Å². The van der Waals surface area contributed by atoms with Crippen LogP contribution in [0.4, 0.5) is 5.69 Å². The van der Waals surface area contributed by atoms with Gasteiger partial charge < -0.3 is 17.1 Å². The molecule has 0 saturated carbocycles. The first-order valence-electron chi connectivity index (χ1n) is 4.24. The normalized spacial score (nSPS) is 11.3.